The Morgan fingerprint density at radius 2 is 1.92 bits per heavy atom. The van der Waals surface area contributed by atoms with Crippen LogP contribution in [0.5, 0.6) is 0 Å². The van der Waals surface area contributed by atoms with Crippen LogP contribution in [0.3, 0.4) is 0 Å². The minimum Gasteiger partial charge on any atom is -0.303 e. The summed E-state index contributed by atoms with van der Waals surface area (Å²) in [5.41, 5.74) is 5.38. The zero-order chi connectivity index (χ0) is 17.5. The molecule has 134 valence electrons. The average Bonchev–Trinajstić information content (AvgIpc) is 2.50. The van der Waals surface area contributed by atoms with E-state index in [1.165, 1.54) is 50.6 Å². The first-order valence-electron chi connectivity index (χ1n) is 8.79. The maximum atomic E-state index is 8.88. The first kappa shape index (κ1) is 18.1. The van der Waals surface area contributed by atoms with E-state index in [0.29, 0.717) is 5.41 Å². The van der Waals surface area contributed by atoms with Crippen molar-refractivity contribution < 1.29 is 19.2 Å². The highest BCUT2D eigenvalue weighted by Gasteiger charge is 2.52. The second-order valence-electron chi connectivity index (χ2n) is 7.68. The molecule has 1 saturated carbocycles. The molecule has 1 aromatic carbocycles. The highest BCUT2D eigenvalue weighted by atomic mass is 31.2. The van der Waals surface area contributed by atoms with Crippen molar-refractivity contribution in [3.63, 3.8) is 0 Å². The van der Waals surface area contributed by atoms with E-state index in [1.807, 2.05) is 0 Å². The number of fused-ring (bicyclic) bond motifs is 1. The van der Waals surface area contributed by atoms with Crippen LogP contribution in [-0.4, -0.2) is 39.2 Å². The predicted molar refractivity (Wildman–Crippen MR) is 93.8 cm³/mol. The Morgan fingerprint density at radius 3 is 2.62 bits per heavy atom. The average molecular weight is 353 g/mol. The SMILES string of the molecule is Cc1ccc2c(c1)[C@@]13CCCC[C@H]1[C@@H](C2)N(C)CC3.O=P(O)(O)O. The highest BCUT2D eigenvalue weighted by Crippen LogP contribution is 2.55. The Labute approximate surface area is 143 Å². The van der Waals surface area contributed by atoms with Crippen molar-refractivity contribution in [2.45, 2.75) is 56.9 Å². The van der Waals surface area contributed by atoms with E-state index >= 15 is 0 Å². The molecule has 3 aliphatic rings. The maximum absolute atomic E-state index is 8.88. The largest absolute Gasteiger partial charge is 0.466 e. The first-order chi connectivity index (χ1) is 11.2. The fraction of sp³-hybridized carbons (Fsp3) is 0.667. The van der Waals surface area contributed by atoms with Gasteiger partial charge < -0.3 is 19.6 Å². The second-order valence-corrected chi connectivity index (χ2v) is 8.71. The van der Waals surface area contributed by atoms with Gasteiger partial charge in [-0.2, -0.15) is 0 Å². The fourth-order valence-corrected chi connectivity index (χ4v) is 5.31. The molecule has 24 heavy (non-hydrogen) atoms. The van der Waals surface area contributed by atoms with E-state index in [9.17, 15) is 0 Å². The number of hydrogen-bond acceptors (Lipinski definition) is 2. The lowest BCUT2D eigenvalue weighted by molar-refractivity contribution is 0.00283. The molecule has 1 saturated heterocycles. The van der Waals surface area contributed by atoms with Crippen molar-refractivity contribution in [3.8, 4) is 0 Å². The molecule has 0 unspecified atom stereocenters. The standard InChI is InChI=1S/C18H25N.H3O4P/c1-13-6-7-14-12-17-15-5-3-4-8-18(15,16(14)11-13)9-10-19(17)2;1-5(2,3)4/h6-7,11,15,17H,3-5,8-10,12H2,1-2H3;(H3,1,2,3,4)/t15-,17+,18+;/m0./s1. The van der Waals surface area contributed by atoms with Gasteiger partial charge in [0.15, 0.2) is 0 Å². The van der Waals surface area contributed by atoms with Gasteiger partial charge in [-0.05, 0) is 63.2 Å². The molecule has 0 aromatic heterocycles. The summed E-state index contributed by atoms with van der Waals surface area (Å²) >= 11 is 0. The number of likely N-dealkylation sites (N-methyl/N-ethyl adjacent to an activating group) is 1. The summed E-state index contributed by atoms with van der Waals surface area (Å²) in [4.78, 5) is 24.2. The Balaban J connectivity index is 0.000000300. The van der Waals surface area contributed by atoms with Crippen molar-refractivity contribution >= 4 is 7.82 Å². The molecule has 3 N–H and O–H groups in total. The van der Waals surface area contributed by atoms with Gasteiger partial charge in [-0.25, -0.2) is 4.57 Å². The first-order valence-corrected chi connectivity index (χ1v) is 10.4. The zero-order valence-corrected chi connectivity index (χ0v) is 15.4. The van der Waals surface area contributed by atoms with Crippen LogP contribution in [0.4, 0.5) is 0 Å². The van der Waals surface area contributed by atoms with Crippen LogP contribution in [0.15, 0.2) is 18.2 Å². The summed E-state index contributed by atoms with van der Waals surface area (Å²) in [5, 5.41) is 0. The second kappa shape index (κ2) is 6.54. The van der Waals surface area contributed by atoms with Crippen LogP contribution in [0.2, 0.25) is 0 Å². The fourth-order valence-electron chi connectivity index (χ4n) is 5.31. The van der Waals surface area contributed by atoms with Crippen molar-refractivity contribution in [2.75, 3.05) is 13.6 Å². The van der Waals surface area contributed by atoms with Crippen molar-refractivity contribution in [1.29, 1.82) is 0 Å². The van der Waals surface area contributed by atoms with E-state index < -0.39 is 7.82 Å². The van der Waals surface area contributed by atoms with Gasteiger partial charge in [0.2, 0.25) is 0 Å². The topological polar surface area (TPSA) is 81.0 Å². The Kier molecular flexibility index (Phi) is 4.93. The van der Waals surface area contributed by atoms with Crippen LogP contribution in [0.1, 0.15) is 48.8 Å². The van der Waals surface area contributed by atoms with E-state index in [1.54, 1.807) is 11.1 Å². The number of nitrogens with zero attached hydrogens (tertiary/aromatic N) is 1. The van der Waals surface area contributed by atoms with Gasteiger partial charge >= 0.3 is 7.82 Å². The van der Waals surface area contributed by atoms with Crippen LogP contribution in [0.25, 0.3) is 0 Å². The normalized spacial score (nSPS) is 32.2. The molecule has 0 radical (unpaired) electrons. The lowest BCUT2D eigenvalue weighted by Crippen LogP contribution is -2.59. The minimum absolute atomic E-state index is 0.537. The number of hydrogen-bond donors (Lipinski definition) is 3. The molecule has 0 spiro atoms. The third-order valence-electron chi connectivity index (χ3n) is 6.27. The summed E-state index contributed by atoms with van der Waals surface area (Å²) < 4.78 is 8.88. The number of likely N-dealkylation sites (tertiary alicyclic amines) is 1. The van der Waals surface area contributed by atoms with Gasteiger partial charge in [-0.3, -0.25) is 0 Å². The highest BCUT2D eigenvalue weighted by molar-refractivity contribution is 7.45. The van der Waals surface area contributed by atoms with Crippen LogP contribution < -0.4 is 0 Å². The third-order valence-corrected chi connectivity index (χ3v) is 6.27. The summed E-state index contributed by atoms with van der Waals surface area (Å²) in [6.45, 7) is 3.56. The molecule has 6 heteroatoms. The summed E-state index contributed by atoms with van der Waals surface area (Å²) in [7, 11) is -2.29. The lowest BCUT2D eigenvalue weighted by Gasteiger charge is -2.58. The van der Waals surface area contributed by atoms with Crippen molar-refractivity contribution in [1.82, 2.24) is 4.90 Å². The zero-order valence-electron chi connectivity index (χ0n) is 14.5. The molecule has 1 heterocycles. The third kappa shape index (κ3) is 3.47. The minimum atomic E-state index is -4.64. The molecule has 1 aliphatic heterocycles. The number of piperidine rings is 1. The molecule has 0 amide bonds. The monoisotopic (exact) mass is 353 g/mol. The Bertz CT molecular complexity index is 650. The number of rotatable bonds is 0. The van der Waals surface area contributed by atoms with Crippen molar-refractivity contribution in [3.05, 3.63) is 34.9 Å². The van der Waals surface area contributed by atoms with Crippen LogP contribution >= 0.6 is 7.82 Å². The Hall–Kier alpha value is -0.710. The van der Waals surface area contributed by atoms with Gasteiger partial charge in [0.1, 0.15) is 0 Å². The van der Waals surface area contributed by atoms with E-state index in [2.05, 4.69) is 37.1 Å². The molecule has 3 atom stereocenters. The summed E-state index contributed by atoms with van der Waals surface area (Å²) in [6.07, 6.45) is 8.48. The molecular weight excluding hydrogens is 325 g/mol. The summed E-state index contributed by atoms with van der Waals surface area (Å²) in [5.74, 6) is 0.925. The smallest absolute Gasteiger partial charge is 0.303 e. The quantitative estimate of drug-likeness (QED) is 0.625. The maximum Gasteiger partial charge on any atom is 0.466 e. The number of phosphoric acid groups is 1. The molecule has 1 aromatic rings. The molecular formula is C18H28NO4P. The van der Waals surface area contributed by atoms with Crippen LogP contribution in [-0.2, 0) is 16.4 Å². The van der Waals surface area contributed by atoms with Gasteiger partial charge in [-0.15, -0.1) is 0 Å². The summed E-state index contributed by atoms with van der Waals surface area (Å²) in [6, 6.07) is 8.07. The molecule has 2 fully saturated rings. The van der Waals surface area contributed by atoms with Gasteiger partial charge in [0, 0.05) is 11.5 Å². The van der Waals surface area contributed by atoms with E-state index in [-0.39, 0.29) is 0 Å². The predicted octanol–water partition coefficient (Wildman–Crippen LogP) is 2.75. The Morgan fingerprint density at radius 1 is 1.21 bits per heavy atom. The van der Waals surface area contributed by atoms with E-state index in [0.717, 1.165) is 12.0 Å². The van der Waals surface area contributed by atoms with Crippen molar-refractivity contribution in [2.24, 2.45) is 5.92 Å². The number of benzene rings is 1. The molecule has 5 nitrogen and oxygen atoms in total. The van der Waals surface area contributed by atoms with Gasteiger partial charge in [0.05, 0.1) is 0 Å². The van der Waals surface area contributed by atoms with E-state index in [4.69, 9.17) is 19.2 Å². The molecule has 2 bridgehead atoms. The molecule has 2 aliphatic carbocycles. The van der Waals surface area contributed by atoms with Gasteiger partial charge in [0.25, 0.3) is 0 Å². The van der Waals surface area contributed by atoms with Crippen LogP contribution in [0, 0.1) is 12.8 Å². The lowest BCUT2D eigenvalue weighted by atomic mass is 9.52. The van der Waals surface area contributed by atoms with Gasteiger partial charge in [-0.1, -0.05) is 36.6 Å². The number of aryl methyl sites for hydroxylation is 1. The molecule has 4 rings (SSSR count).